The Hall–Kier alpha value is -1.64. The molecule has 2 aromatic rings. The van der Waals surface area contributed by atoms with Crippen LogP contribution in [0.2, 0.25) is 0 Å². The van der Waals surface area contributed by atoms with Crippen LogP contribution < -0.4 is 4.74 Å². The van der Waals surface area contributed by atoms with E-state index in [4.69, 9.17) is 4.74 Å². The normalized spacial score (nSPS) is 11.6. The predicted molar refractivity (Wildman–Crippen MR) is 62.6 cm³/mol. The lowest BCUT2D eigenvalue weighted by Gasteiger charge is -2.09. The lowest BCUT2D eigenvalue weighted by Crippen LogP contribution is -2.16. The van der Waals surface area contributed by atoms with Gasteiger partial charge in [-0.1, -0.05) is 6.07 Å². The molecule has 0 amide bonds. The molecule has 0 bridgehead atoms. The zero-order valence-electron chi connectivity index (χ0n) is 9.65. The van der Waals surface area contributed by atoms with Gasteiger partial charge in [-0.15, -0.1) is 5.10 Å². The molecule has 0 N–H and O–H groups in total. The minimum absolute atomic E-state index is 0.0789. The van der Waals surface area contributed by atoms with Gasteiger partial charge in [0.15, 0.2) is 0 Å². The van der Waals surface area contributed by atoms with Crippen molar-refractivity contribution in [3.05, 3.63) is 34.1 Å². The molecule has 1 aromatic carbocycles. The topological polar surface area (TPSA) is 52.8 Å². The maximum Gasteiger partial charge on any atom is 0.453 e. The summed E-state index contributed by atoms with van der Waals surface area (Å²) in [5.74, 6) is -0.532. The van der Waals surface area contributed by atoms with E-state index in [9.17, 15) is 13.2 Å². The van der Waals surface area contributed by atoms with Crippen molar-refractivity contribution in [3.8, 4) is 5.75 Å². The monoisotopic (exact) mass is 336 g/mol. The third kappa shape index (κ3) is 3.03. The number of halogens is 4. The van der Waals surface area contributed by atoms with Gasteiger partial charge in [-0.25, -0.2) is 4.68 Å². The van der Waals surface area contributed by atoms with Crippen LogP contribution in [0.5, 0.6) is 5.75 Å². The summed E-state index contributed by atoms with van der Waals surface area (Å²) in [6.07, 6.45) is -4.58. The van der Waals surface area contributed by atoms with Crippen molar-refractivity contribution in [3.63, 3.8) is 0 Å². The van der Waals surface area contributed by atoms with E-state index in [2.05, 4.69) is 31.5 Å². The van der Waals surface area contributed by atoms with Crippen LogP contribution in [0.15, 0.2) is 22.7 Å². The number of hydrogen-bond donors (Lipinski definition) is 0. The van der Waals surface area contributed by atoms with Crippen LogP contribution in [0.25, 0.3) is 0 Å². The molecular weight excluding hydrogens is 329 g/mol. The lowest BCUT2D eigenvalue weighted by molar-refractivity contribution is -0.147. The molecule has 0 aliphatic heterocycles. The number of nitrogens with zero attached hydrogens (tertiary/aromatic N) is 4. The molecule has 0 aliphatic rings. The average molecular weight is 337 g/mol. The molecule has 1 aromatic heterocycles. The van der Waals surface area contributed by atoms with Gasteiger partial charge in [0.2, 0.25) is 0 Å². The van der Waals surface area contributed by atoms with Crippen molar-refractivity contribution < 1.29 is 17.9 Å². The highest BCUT2D eigenvalue weighted by Crippen LogP contribution is 2.28. The molecule has 0 spiro atoms. The van der Waals surface area contributed by atoms with E-state index < -0.39 is 12.0 Å². The van der Waals surface area contributed by atoms with Crippen molar-refractivity contribution in [2.24, 2.45) is 0 Å². The smallest absolute Gasteiger partial charge is 0.453 e. The Morgan fingerprint density at radius 3 is 2.68 bits per heavy atom. The molecular formula is C10H8BrF3N4O. The summed E-state index contributed by atoms with van der Waals surface area (Å²) in [5, 5.41) is 9.37. The molecule has 0 aliphatic carbocycles. The second kappa shape index (κ2) is 5.16. The third-order valence-electron chi connectivity index (χ3n) is 2.33. The Balaban J connectivity index is 2.27. The number of methoxy groups -OCH3 is 1. The van der Waals surface area contributed by atoms with Crippen molar-refractivity contribution in [1.29, 1.82) is 0 Å². The Morgan fingerprint density at radius 2 is 2.11 bits per heavy atom. The molecule has 0 saturated carbocycles. The summed E-state index contributed by atoms with van der Waals surface area (Å²) >= 11 is 3.26. The van der Waals surface area contributed by atoms with E-state index >= 15 is 0 Å². The van der Waals surface area contributed by atoms with Gasteiger partial charge in [0.1, 0.15) is 5.75 Å². The minimum Gasteiger partial charge on any atom is -0.496 e. The summed E-state index contributed by atoms with van der Waals surface area (Å²) < 4.78 is 44.2. The molecule has 19 heavy (non-hydrogen) atoms. The standard InChI is InChI=1S/C10H8BrF3N4O/c1-19-8-3-2-6(4-7(8)11)5-18-9(10(12,13)14)15-16-17-18/h2-4H,5H2,1H3. The van der Waals surface area contributed by atoms with Crippen molar-refractivity contribution in [2.75, 3.05) is 7.11 Å². The number of alkyl halides is 3. The molecule has 0 saturated heterocycles. The fourth-order valence-corrected chi connectivity index (χ4v) is 2.08. The van der Waals surface area contributed by atoms with E-state index in [0.29, 0.717) is 20.5 Å². The highest BCUT2D eigenvalue weighted by molar-refractivity contribution is 9.10. The SMILES string of the molecule is COc1ccc(Cn2nnnc2C(F)(F)F)cc1Br. The molecule has 0 radical (unpaired) electrons. The maximum absolute atomic E-state index is 12.6. The molecule has 9 heteroatoms. The molecule has 0 unspecified atom stereocenters. The molecule has 5 nitrogen and oxygen atoms in total. The second-order valence-electron chi connectivity index (χ2n) is 3.63. The van der Waals surface area contributed by atoms with Gasteiger partial charge in [0.25, 0.3) is 5.82 Å². The van der Waals surface area contributed by atoms with Crippen molar-refractivity contribution in [1.82, 2.24) is 20.2 Å². The summed E-state index contributed by atoms with van der Waals surface area (Å²) in [7, 11) is 1.50. The van der Waals surface area contributed by atoms with Gasteiger partial charge >= 0.3 is 6.18 Å². The zero-order valence-corrected chi connectivity index (χ0v) is 11.2. The summed E-state index contributed by atoms with van der Waals surface area (Å²) in [6.45, 7) is -0.0789. The third-order valence-corrected chi connectivity index (χ3v) is 2.95. The maximum atomic E-state index is 12.6. The van der Waals surface area contributed by atoms with Gasteiger partial charge in [-0.2, -0.15) is 13.2 Å². The van der Waals surface area contributed by atoms with E-state index in [-0.39, 0.29) is 6.54 Å². The van der Waals surface area contributed by atoms with Gasteiger partial charge < -0.3 is 4.74 Å². The van der Waals surface area contributed by atoms with Crippen LogP contribution >= 0.6 is 15.9 Å². The molecule has 0 fully saturated rings. The van der Waals surface area contributed by atoms with Crippen molar-refractivity contribution >= 4 is 15.9 Å². The first-order valence-electron chi connectivity index (χ1n) is 5.07. The fraction of sp³-hybridized carbons (Fsp3) is 0.300. The zero-order chi connectivity index (χ0) is 14.0. The molecule has 2 rings (SSSR count). The highest BCUT2D eigenvalue weighted by atomic mass is 79.9. The van der Waals surface area contributed by atoms with Gasteiger partial charge in [0.05, 0.1) is 18.1 Å². The molecule has 102 valence electrons. The summed E-state index contributed by atoms with van der Waals surface area (Å²) in [4.78, 5) is 0. The first kappa shape index (κ1) is 13.8. The Bertz CT molecular complexity index is 584. The van der Waals surface area contributed by atoms with Crippen LogP contribution in [0.1, 0.15) is 11.4 Å². The first-order chi connectivity index (χ1) is 8.91. The number of ether oxygens (including phenoxy) is 1. The predicted octanol–water partition coefficient (Wildman–Crippen LogP) is 2.51. The first-order valence-corrected chi connectivity index (χ1v) is 5.87. The van der Waals surface area contributed by atoms with E-state index in [0.717, 1.165) is 0 Å². The Labute approximate surface area is 114 Å². The number of benzene rings is 1. The van der Waals surface area contributed by atoms with Crippen LogP contribution in [-0.4, -0.2) is 27.3 Å². The highest BCUT2D eigenvalue weighted by Gasteiger charge is 2.37. The quantitative estimate of drug-likeness (QED) is 0.864. The number of hydrogen-bond acceptors (Lipinski definition) is 4. The number of aromatic nitrogens is 4. The van der Waals surface area contributed by atoms with Crippen molar-refractivity contribution in [2.45, 2.75) is 12.7 Å². The van der Waals surface area contributed by atoms with Gasteiger partial charge in [-0.3, -0.25) is 0 Å². The number of tetrazole rings is 1. The minimum atomic E-state index is -4.58. The van der Waals surface area contributed by atoms with E-state index in [1.54, 1.807) is 18.2 Å². The largest absolute Gasteiger partial charge is 0.496 e. The van der Waals surface area contributed by atoms with Crippen LogP contribution in [0.3, 0.4) is 0 Å². The number of rotatable bonds is 3. The van der Waals surface area contributed by atoms with Gasteiger partial charge in [-0.05, 0) is 44.1 Å². The van der Waals surface area contributed by atoms with Crippen LogP contribution in [0, 0.1) is 0 Å². The average Bonchev–Trinajstić information content (AvgIpc) is 2.77. The van der Waals surface area contributed by atoms with Crippen LogP contribution in [-0.2, 0) is 12.7 Å². The summed E-state index contributed by atoms with van der Waals surface area (Å²) in [5.41, 5.74) is 0.616. The Morgan fingerprint density at radius 1 is 1.37 bits per heavy atom. The summed E-state index contributed by atoms with van der Waals surface area (Å²) in [6, 6.07) is 4.95. The van der Waals surface area contributed by atoms with Gasteiger partial charge in [0, 0.05) is 0 Å². The van der Waals surface area contributed by atoms with E-state index in [1.165, 1.54) is 7.11 Å². The van der Waals surface area contributed by atoms with Crippen LogP contribution in [0.4, 0.5) is 13.2 Å². The fourth-order valence-electron chi connectivity index (χ4n) is 1.50. The lowest BCUT2D eigenvalue weighted by atomic mass is 10.2. The molecule has 0 atom stereocenters. The second-order valence-corrected chi connectivity index (χ2v) is 4.48. The molecule has 1 heterocycles. The van der Waals surface area contributed by atoms with E-state index in [1.807, 2.05) is 0 Å². The Kier molecular flexibility index (Phi) is 3.74.